The lowest BCUT2D eigenvalue weighted by Gasteiger charge is -2.44. The van der Waals surface area contributed by atoms with Crippen LogP contribution in [0.4, 0.5) is 15.2 Å². The molecule has 6 rings (SSSR count). The summed E-state index contributed by atoms with van der Waals surface area (Å²) in [5, 5.41) is 52.8. The maximum Gasteiger partial charge on any atom is 0.411 e. The van der Waals surface area contributed by atoms with Crippen LogP contribution in [0.2, 0.25) is 0 Å². The number of pyridine rings is 1. The van der Waals surface area contributed by atoms with Gasteiger partial charge in [-0.25, -0.2) is 9.59 Å². The molecule has 1 aliphatic rings. The number of carbonyl (C=O) groups excluding carboxylic acids is 2. The molecule has 1 atom stereocenters. The second-order valence-electron chi connectivity index (χ2n) is 13.5. The molecule has 14 nitrogen and oxygen atoms in total. The number of rotatable bonds is 15. The van der Waals surface area contributed by atoms with Crippen molar-refractivity contribution in [1.29, 1.82) is 5.26 Å². The van der Waals surface area contributed by atoms with E-state index < -0.39 is 29.5 Å². The zero-order valence-corrected chi connectivity index (χ0v) is 32.9. The summed E-state index contributed by atoms with van der Waals surface area (Å²) in [4.78, 5) is 44.1. The normalized spacial score (nSPS) is 14.3. The Morgan fingerprint density at radius 3 is 2.40 bits per heavy atom. The molecule has 6 N–H and O–H groups in total. The average Bonchev–Trinajstić information content (AvgIpc) is 3.95. The Balaban J connectivity index is 0.00000620. The van der Waals surface area contributed by atoms with E-state index in [1.165, 1.54) is 54.0 Å². The second-order valence-corrected chi connectivity index (χ2v) is 15.4. The Morgan fingerprint density at radius 2 is 1.77 bits per heavy atom. The van der Waals surface area contributed by atoms with Crippen molar-refractivity contribution in [2.24, 2.45) is 0 Å². The van der Waals surface area contributed by atoms with Gasteiger partial charge in [0.1, 0.15) is 24.2 Å². The third-order valence-corrected chi connectivity index (χ3v) is 12.0. The van der Waals surface area contributed by atoms with E-state index in [0.717, 1.165) is 19.3 Å². The highest BCUT2D eigenvalue weighted by atomic mass is 32.1. The number of halogens is 1. The summed E-state index contributed by atoms with van der Waals surface area (Å²) >= 11 is 2.55. The number of aromatic nitrogens is 1. The van der Waals surface area contributed by atoms with Crippen molar-refractivity contribution in [1.82, 2.24) is 15.2 Å². The fraction of sp³-hybridized carbons (Fsp3) is 0.350. The summed E-state index contributed by atoms with van der Waals surface area (Å²) < 4.78 is 17.3. The van der Waals surface area contributed by atoms with Gasteiger partial charge in [-0.15, -0.1) is 22.7 Å². The van der Waals surface area contributed by atoms with Gasteiger partial charge in [-0.05, 0) is 66.5 Å². The molecule has 2 aromatic carbocycles. The van der Waals surface area contributed by atoms with Crippen LogP contribution in [-0.2, 0) is 26.4 Å². The molecule has 0 aliphatic heterocycles. The fourth-order valence-electron chi connectivity index (χ4n) is 6.98. The van der Waals surface area contributed by atoms with Gasteiger partial charge >= 0.3 is 12.1 Å². The highest BCUT2D eigenvalue weighted by molar-refractivity contribution is 7.12. The average molecular weight is 822 g/mol. The number of hydrogen-bond acceptors (Lipinski definition) is 14. The number of ether oxygens (including phenoxy) is 3. The lowest BCUT2D eigenvalue weighted by atomic mass is 9.89. The predicted molar refractivity (Wildman–Crippen MR) is 214 cm³/mol. The number of carbonyl (C=O) groups is 2. The van der Waals surface area contributed by atoms with E-state index in [0.29, 0.717) is 44.9 Å². The summed E-state index contributed by atoms with van der Waals surface area (Å²) in [6, 6.07) is 18.0. The first kappa shape index (κ1) is 42.8. The van der Waals surface area contributed by atoms with Crippen molar-refractivity contribution in [2.75, 3.05) is 39.2 Å². The molecule has 1 aliphatic carbocycles. The number of thiophene rings is 2. The SMILES string of the molecule is COc1cc(NC(=O)OCCN(C)C2(OC(=O)C(O)(c3cccs3)c3cccs3)CCCCC2)c(C#N)cc1CNCC(O)c1ccc(O)c2[nH]c(=O)ccc12.F. The largest absolute Gasteiger partial charge is 0.506 e. The number of anilines is 1. The van der Waals surface area contributed by atoms with Crippen LogP contribution in [0.15, 0.2) is 76.2 Å². The van der Waals surface area contributed by atoms with Crippen molar-refractivity contribution in [2.45, 2.75) is 56.1 Å². The standard InChI is InChI=1S/C40H43N5O9S2.FH/c1-45(39(14-4-3-5-15-39)54-37(49)40(51,33-8-6-18-55-33)34-9-7-19-56-34)16-17-53-38(50)43-29-21-32(52-2)26(20-25(29)22-41)23-42-24-31(47)27-10-12-30(46)36-28(27)11-13-35(48)44-36;/h6-13,18-21,31,42,46-47,51H,3-5,14-17,23-24H2,1-2H3,(H,43,50)(H,44,48);1H. The van der Waals surface area contributed by atoms with Gasteiger partial charge in [0.15, 0.2) is 5.72 Å². The van der Waals surface area contributed by atoms with E-state index in [9.17, 15) is 35.0 Å². The topological polar surface area (TPSA) is 206 Å². The van der Waals surface area contributed by atoms with E-state index in [2.05, 4.69) is 21.7 Å². The smallest absolute Gasteiger partial charge is 0.411 e. The number of benzene rings is 2. The molecule has 57 heavy (non-hydrogen) atoms. The monoisotopic (exact) mass is 821 g/mol. The summed E-state index contributed by atoms with van der Waals surface area (Å²) in [7, 11) is 3.26. The fourth-order valence-corrected chi connectivity index (χ4v) is 8.69. The number of methoxy groups -OCH3 is 1. The Labute approximate surface area is 335 Å². The molecule has 1 fully saturated rings. The molecule has 0 radical (unpaired) electrons. The van der Waals surface area contributed by atoms with Crippen LogP contribution >= 0.6 is 22.7 Å². The molecule has 3 heterocycles. The van der Waals surface area contributed by atoms with Crippen molar-refractivity contribution in [3.05, 3.63) is 108 Å². The van der Waals surface area contributed by atoms with Crippen LogP contribution in [0.5, 0.6) is 11.5 Å². The molecule has 0 saturated heterocycles. The number of aromatic amines is 1. The predicted octanol–water partition coefficient (Wildman–Crippen LogP) is 5.83. The van der Waals surface area contributed by atoms with Crippen LogP contribution in [0, 0.1) is 11.3 Å². The number of hydrogen-bond donors (Lipinski definition) is 6. The molecule has 1 saturated carbocycles. The molecule has 17 heteroatoms. The number of nitriles is 1. The van der Waals surface area contributed by atoms with Crippen LogP contribution < -0.4 is 20.9 Å². The third kappa shape index (κ3) is 9.28. The number of aliphatic hydroxyl groups is 2. The van der Waals surface area contributed by atoms with Crippen molar-refractivity contribution < 1.29 is 43.8 Å². The number of likely N-dealkylation sites (N-methyl/N-ethyl adjacent to an activating group) is 1. The molecule has 1 unspecified atom stereocenters. The number of H-pyrrole nitrogens is 1. The van der Waals surface area contributed by atoms with E-state index in [1.807, 2.05) is 4.90 Å². The zero-order chi connectivity index (χ0) is 39.9. The molecule has 0 spiro atoms. The molecule has 0 bridgehead atoms. The Kier molecular flexibility index (Phi) is 14.1. The van der Waals surface area contributed by atoms with Crippen molar-refractivity contribution >= 4 is 51.3 Å². The Morgan fingerprint density at radius 1 is 1.07 bits per heavy atom. The van der Waals surface area contributed by atoms with Gasteiger partial charge in [0.05, 0.1) is 39.7 Å². The maximum absolute atomic E-state index is 13.9. The zero-order valence-electron chi connectivity index (χ0n) is 31.3. The van der Waals surface area contributed by atoms with E-state index in [1.54, 1.807) is 54.2 Å². The third-order valence-electron chi connectivity index (χ3n) is 10.0. The van der Waals surface area contributed by atoms with E-state index >= 15 is 0 Å². The second kappa shape index (κ2) is 18.7. The number of fused-ring (bicyclic) bond motifs is 1. The minimum Gasteiger partial charge on any atom is -0.506 e. The number of aliphatic hydroxyl groups excluding tert-OH is 1. The van der Waals surface area contributed by atoms with Crippen molar-refractivity contribution in [3.63, 3.8) is 0 Å². The van der Waals surface area contributed by atoms with Crippen molar-refractivity contribution in [3.8, 4) is 17.6 Å². The first-order valence-electron chi connectivity index (χ1n) is 18.0. The van der Waals surface area contributed by atoms with Crippen LogP contribution in [0.3, 0.4) is 0 Å². The Bertz CT molecular complexity index is 2220. The quantitative estimate of drug-likeness (QED) is 0.0545. The van der Waals surface area contributed by atoms with Crippen LogP contribution in [-0.4, -0.2) is 76.8 Å². The first-order chi connectivity index (χ1) is 27.0. The molecular formula is C40H44FN5O9S2. The van der Waals surface area contributed by atoms with Crippen LogP contribution in [0.1, 0.15) is 64.7 Å². The number of phenolic OH excluding ortho intramolecular Hbond substituents is 1. The molecule has 302 valence electrons. The summed E-state index contributed by atoms with van der Waals surface area (Å²) in [5.74, 6) is -0.493. The summed E-state index contributed by atoms with van der Waals surface area (Å²) in [6.07, 6.45) is 1.92. The first-order valence-corrected chi connectivity index (χ1v) is 19.8. The molecule has 3 aromatic heterocycles. The maximum atomic E-state index is 13.9. The Hall–Kier alpha value is -5.35. The number of esters is 1. The minimum absolute atomic E-state index is 0. The number of phenols is 1. The lowest BCUT2D eigenvalue weighted by Crippen LogP contribution is -2.55. The number of aromatic hydroxyl groups is 1. The van der Waals surface area contributed by atoms with Gasteiger partial charge in [-0.3, -0.25) is 19.7 Å². The summed E-state index contributed by atoms with van der Waals surface area (Å²) in [6.45, 7) is 0.454. The molecule has 1 amide bonds. The minimum atomic E-state index is -1.96. The van der Waals surface area contributed by atoms with Gasteiger partial charge < -0.3 is 39.8 Å². The van der Waals surface area contributed by atoms with Gasteiger partial charge in [0.2, 0.25) is 11.2 Å². The molecular weight excluding hydrogens is 778 g/mol. The van der Waals surface area contributed by atoms with Crippen LogP contribution in [0.25, 0.3) is 10.9 Å². The highest BCUT2D eigenvalue weighted by Gasteiger charge is 2.49. The number of amides is 1. The van der Waals surface area contributed by atoms with E-state index in [-0.39, 0.29) is 59.0 Å². The van der Waals surface area contributed by atoms with Gasteiger partial charge in [-0.1, -0.05) is 24.6 Å². The van der Waals surface area contributed by atoms with Gasteiger partial charge in [-0.2, -0.15) is 5.26 Å². The molecule has 5 aromatic rings. The van der Waals surface area contributed by atoms with Gasteiger partial charge in [0, 0.05) is 55.6 Å². The van der Waals surface area contributed by atoms with E-state index in [4.69, 9.17) is 14.2 Å². The lowest BCUT2D eigenvalue weighted by molar-refractivity contribution is -0.207. The van der Waals surface area contributed by atoms with Gasteiger partial charge in [0.25, 0.3) is 0 Å². The number of nitrogens with zero attached hydrogens (tertiary/aromatic N) is 2. The highest BCUT2D eigenvalue weighted by Crippen LogP contribution is 2.41. The number of nitrogens with one attached hydrogen (secondary N) is 3. The summed E-state index contributed by atoms with van der Waals surface area (Å²) in [5.41, 5.74) is -1.70.